The summed E-state index contributed by atoms with van der Waals surface area (Å²) in [5.74, 6) is 0.586. The van der Waals surface area contributed by atoms with E-state index in [0.29, 0.717) is 38.7 Å². The van der Waals surface area contributed by atoms with Crippen molar-refractivity contribution in [3.63, 3.8) is 0 Å². The third kappa shape index (κ3) is 4.31. The van der Waals surface area contributed by atoms with Crippen LogP contribution in [0.3, 0.4) is 0 Å². The Kier molecular flexibility index (Phi) is 5.91. The van der Waals surface area contributed by atoms with Crippen molar-refractivity contribution in [3.8, 4) is 0 Å². The summed E-state index contributed by atoms with van der Waals surface area (Å²) in [4.78, 5) is 27.9. The van der Waals surface area contributed by atoms with Gasteiger partial charge in [0.15, 0.2) is 0 Å². The Bertz CT molecular complexity index is 588. The number of hydrogen-bond acceptors (Lipinski definition) is 4. The lowest BCUT2D eigenvalue weighted by Gasteiger charge is -2.34. The average molecular weight is 345 g/mol. The highest BCUT2D eigenvalue weighted by Crippen LogP contribution is 2.23. The van der Waals surface area contributed by atoms with Crippen molar-refractivity contribution in [2.75, 3.05) is 45.9 Å². The molecule has 2 saturated heterocycles. The molecule has 25 heavy (non-hydrogen) atoms. The fourth-order valence-electron chi connectivity index (χ4n) is 3.52. The van der Waals surface area contributed by atoms with Gasteiger partial charge in [0, 0.05) is 38.3 Å². The molecule has 2 heterocycles. The molecule has 136 valence electrons. The van der Waals surface area contributed by atoms with Gasteiger partial charge in [0.25, 0.3) is 5.91 Å². The molecule has 1 aromatic rings. The highest BCUT2D eigenvalue weighted by molar-refractivity contribution is 5.94. The van der Waals surface area contributed by atoms with Gasteiger partial charge in [0.2, 0.25) is 0 Å². The first-order chi connectivity index (χ1) is 12.2. The summed E-state index contributed by atoms with van der Waals surface area (Å²) < 4.78 is 5.01. The summed E-state index contributed by atoms with van der Waals surface area (Å²) >= 11 is 0. The van der Waals surface area contributed by atoms with Crippen LogP contribution in [0.1, 0.15) is 41.6 Å². The highest BCUT2D eigenvalue weighted by Gasteiger charge is 2.25. The standard InChI is InChI=1S/C19H27N3O3/c1-2-25-19(24)22-12-10-21(11-13-22)18(23)16-7-5-15(6-8-16)17-4-3-9-20-14-17/h5-8,17,20H,2-4,9-14H2,1H3/t17-/m1/s1. The van der Waals surface area contributed by atoms with Crippen LogP contribution in [0.25, 0.3) is 0 Å². The minimum Gasteiger partial charge on any atom is -0.450 e. The Morgan fingerprint density at radius 2 is 1.80 bits per heavy atom. The summed E-state index contributed by atoms with van der Waals surface area (Å²) in [6.45, 7) is 6.43. The van der Waals surface area contributed by atoms with E-state index in [1.165, 1.54) is 18.4 Å². The van der Waals surface area contributed by atoms with Crippen LogP contribution in [0.15, 0.2) is 24.3 Å². The molecule has 1 atom stereocenters. The second-order valence-electron chi connectivity index (χ2n) is 6.64. The van der Waals surface area contributed by atoms with E-state index in [0.717, 1.165) is 18.7 Å². The molecule has 0 saturated carbocycles. The minimum atomic E-state index is -0.292. The number of piperazine rings is 1. The van der Waals surface area contributed by atoms with E-state index in [1.54, 1.807) is 11.8 Å². The number of carbonyl (C=O) groups excluding carboxylic acids is 2. The molecular formula is C19H27N3O3. The Morgan fingerprint density at radius 3 is 2.40 bits per heavy atom. The Balaban J connectivity index is 1.55. The molecule has 0 aromatic heterocycles. The highest BCUT2D eigenvalue weighted by atomic mass is 16.6. The quantitative estimate of drug-likeness (QED) is 0.911. The predicted octanol–water partition coefficient (Wildman–Crippen LogP) is 2.07. The first kappa shape index (κ1) is 17.7. The molecule has 2 amide bonds. The summed E-state index contributed by atoms with van der Waals surface area (Å²) in [7, 11) is 0. The molecule has 2 fully saturated rings. The zero-order valence-corrected chi connectivity index (χ0v) is 14.9. The van der Waals surface area contributed by atoms with Crippen molar-refractivity contribution in [2.45, 2.75) is 25.7 Å². The van der Waals surface area contributed by atoms with Crippen LogP contribution >= 0.6 is 0 Å². The van der Waals surface area contributed by atoms with Crippen LogP contribution in [-0.2, 0) is 4.74 Å². The lowest BCUT2D eigenvalue weighted by Crippen LogP contribution is -2.50. The predicted molar refractivity (Wildman–Crippen MR) is 95.8 cm³/mol. The maximum Gasteiger partial charge on any atom is 0.409 e. The normalized spacial score (nSPS) is 21.1. The molecule has 2 aliphatic heterocycles. The van der Waals surface area contributed by atoms with Crippen molar-refractivity contribution in [3.05, 3.63) is 35.4 Å². The number of amides is 2. The summed E-state index contributed by atoms with van der Waals surface area (Å²) in [5.41, 5.74) is 2.02. The lowest BCUT2D eigenvalue weighted by molar-refractivity contribution is 0.0570. The largest absolute Gasteiger partial charge is 0.450 e. The fraction of sp³-hybridized carbons (Fsp3) is 0.579. The smallest absolute Gasteiger partial charge is 0.409 e. The van der Waals surface area contributed by atoms with E-state index in [-0.39, 0.29) is 12.0 Å². The molecular weight excluding hydrogens is 318 g/mol. The Labute approximate surface area is 149 Å². The molecule has 1 aromatic carbocycles. The Morgan fingerprint density at radius 1 is 1.12 bits per heavy atom. The van der Waals surface area contributed by atoms with Gasteiger partial charge in [-0.2, -0.15) is 0 Å². The molecule has 0 spiro atoms. The van der Waals surface area contributed by atoms with Gasteiger partial charge in [-0.15, -0.1) is 0 Å². The van der Waals surface area contributed by atoms with Crippen molar-refractivity contribution in [1.29, 1.82) is 0 Å². The van der Waals surface area contributed by atoms with E-state index < -0.39 is 0 Å². The van der Waals surface area contributed by atoms with Crippen molar-refractivity contribution in [2.24, 2.45) is 0 Å². The van der Waals surface area contributed by atoms with Gasteiger partial charge >= 0.3 is 6.09 Å². The van der Waals surface area contributed by atoms with Crippen LogP contribution in [0.4, 0.5) is 4.79 Å². The van der Waals surface area contributed by atoms with Gasteiger partial charge in [-0.05, 0) is 49.9 Å². The number of benzene rings is 1. The van der Waals surface area contributed by atoms with E-state index in [4.69, 9.17) is 4.74 Å². The second kappa shape index (κ2) is 8.34. The zero-order valence-electron chi connectivity index (χ0n) is 14.9. The van der Waals surface area contributed by atoms with Crippen molar-refractivity contribution < 1.29 is 14.3 Å². The molecule has 0 unspecified atom stereocenters. The van der Waals surface area contributed by atoms with Crippen LogP contribution in [0, 0.1) is 0 Å². The number of nitrogens with zero attached hydrogens (tertiary/aromatic N) is 2. The monoisotopic (exact) mass is 345 g/mol. The SMILES string of the molecule is CCOC(=O)N1CCN(C(=O)c2ccc([C@@H]3CCCNC3)cc2)CC1. The summed E-state index contributed by atoms with van der Waals surface area (Å²) in [6, 6.07) is 8.04. The van der Waals surface area contributed by atoms with E-state index in [9.17, 15) is 9.59 Å². The molecule has 0 radical (unpaired) electrons. The number of ether oxygens (including phenoxy) is 1. The number of nitrogens with one attached hydrogen (secondary N) is 1. The molecule has 1 N–H and O–H groups in total. The Hall–Kier alpha value is -2.08. The number of hydrogen-bond donors (Lipinski definition) is 1. The van der Waals surface area contributed by atoms with Gasteiger partial charge < -0.3 is 19.9 Å². The second-order valence-corrected chi connectivity index (χ2v) is 6.64. The lowest BCUT2D eigenvalue weighted by atomic mass is 9.91. The minimum absolute atomic E-state index is 0.0387. The van der Waals surface area contributed by atoms with Gasteiger partial charge in [-0.1, -0.05) is 12.1 Å². The number of piperidine rings is 1. The molecule has 6 heteroatoms. The van der Waals surface area contributed by atoms with Gasteiger partial charge in [-0.25, -0.2) is 4.79 Å². The first-order valence-corrected chi connectivity index (χ1v) is 9.20. The van der Waals surface area contributed by atoms with Crippen LogP contribution in [-0.4, -0.2) is 67.7 Å². The zero-order chi connectivity index (χ0) is 17.6. The van der Waals surface area contributed by atoms with Crippen molar-refractivity contribution >= 4 is 12.0 Å². The molecule has 0 bridgehead atoms. The summed E-state index contributed by atoms with van der Waals surface area (Å²) in [6.07, 6.45) is 2.12. The van der Waals surface area contributed by atoms with Crippen LogP contribution < -0.4 is 5.32 Å². The van der Waals surface area contributed by atoms with Gasteiger partial charge in [0.1, 0.15) is 0 Å². The van der Waals surface area contributed by atoms with Gasteiger partial charge in [-0.3, -0.25) is 4.79 Å². The first-order valence-electron chi connectivity index (χ1n) is 9.20. The van der Waals surface area contributed by atoms with E-state index in [1.807, 2.05) is 17.0 Å². The molecule has 2 aliphatic rings. The molecule has 3 rings (SSSR count). The van der Waals surface area contributed by atoms with Crippen LogP contribution in [0.5, 0.6) is 0 Å². The van der Waals surface area contributed by atoms with Crippen LogP contribution in [0.2, 0.25) is 0 Å². The molecule has 6 nitrogen and oxygen atoms in total. The van der Waals surface area contributed by atoms with Crippen molar-refractivity contribution in [1.82, 2.24) is 15.1 Å². The molecule has 0 aliphatic carbocycles. The maximum absolute atomic E-state index is 12.7. The van der Waals surface area contributed by atoms with E-state index in [2.05, 4.69) is 17.4 Å². The van der Waals surface area contributed by atoms with E-state index >= 15 is 0 Å². The third-order valence-electron chi connectivity index (χ3n) is 5.02. The topological polar surface area (TPSA) is 61.9 Å². The summed E-state index contributed by atoms with van der Waals surface area (Å²) in [5, 5.41) is 3.43. The average Bonchev–Trinajstić information content (AvgIpc) is 2.68. The number of rotatable bonds is 3. The van der Waals surface area contributed by atoms with Gasteiger partial charge in [0.05, 0.1) is 6.61 Å². The fourth-order valence-corrected chi connectivity index (χ4v) is 3.52. The third-order valence-corrected chi connectivity index (χ3v) is 5.02. The number of carbonyl (C=O) groups is 2. The maximum atomic E-state index is 12.7.